The topological polar surface area (TPSA) is 59.9 Å². The van der Waals surface area contributed by atoms with Gasteiger partial charge in [0.25, 0.3) is 0 Å². The first-order valence-corrected chi connectivity index (χ1v) is 11.6. The first-order valence-electron chi connectivity index (χ1n) is 10.7. The first-order chi connectivity index (χ1) is 14.7. The van der Waals surface area contributed by atoms with Gasteiger partial charge in [-0.15, -0.1) is 10.2 Å². The van der Waals surface area contributed by atoms with E-state index in [0.717, 1.165) is 29.0 Å². The summed E-state index contributed by atoms with van der Waals surface area (Å²) in [6.07, 6.45) is 3.22. The second kappa shape index (κ2) is 9.47. The fourth-order valence-electron chi connectivity index (χ4n) is 3.43. The summed E-state index contributed by atoms with van der Waals surface area (Å²) in [7, 11) is 0. The van der Waals surface area contributed by atoms with Gasteiger partial charge in [0.2, 0.25) is 11.0 Å². The Morgan fingerprint density at radius 3 is 2.60 bits per heavy atom. The second-order valence-corrected chi connectivity index (χ2v) is 8.87. The third-order valence-corrected chi connectivity index (χ3v) is 6.14. The van der Waals surface area contributed by atoms with E-state index in [2.05, 4.69) is 60.6 Å². The van der Waals surface area contributed by atoms with Crippen LogP contribution in [0.3, 0.4) is 0 Å². The van der Waals surface area contributed by atoms with E-state index < -0.39 is 0 Å². The van der Waals surface area contributed by atoms with Gasteiger partial charge in [0.05, 0.1) is 0 Å². The number of hydrogen-bond acceptors (Lipinski definition) is 6. The van der Waals surface area contributed by atoms with Crippen LogP contribution in [0.2, 0.25) is 0 Å². The van der Waals surface area contributed by atoms with Gasteiger partial charge in [-0.25, -0.2) is 0 Å². The zero-order valence-corrected chi connectivity index (χ0v) is 18.6. The Morgan fingerprint density at radius 1 is 1.03 bits per heavy atom. The number of aromatic nitrogens is 3. The van der Waals surface area contributed by atoms with Gasteiger partial charge in [0, 0.05) is 22.6 Å². The lowest BCUT2D eigenvalue weighted by Crippen LogP contribution is -2.17. The van der Waals surface area contributed by atoms with Crippen LogP contribution in [0.1, 0.15) is 63.3 Å². The molecule has 2 aromatic carbocycles. The molecule has 30 heavy (non-hydrogen) atoms. The normalized spacial score (nSPS) is 15.0. The Bertz CT molecular complexity index is 991. The molecule has 3 aromatic rings. The van der Waals surface area contributed by atoms with Gasteiger partial charge in [0.1, 0.15) is 0 Å². The summed E-state index contributed by atoms with van der Waals surface area (Å²) in [6, 6.07) is 16.6. The van der Waals surface area contributed by atoms with Crippen LogP contribution in [0.5, 0.6) is 5.88 Å². The predicted molar refractivity (Wildman–Crippen MR) is 123 cm³/mol. The number of thioether (sulfide) groups is 1. The van der Waals surface area contributed by atoms with Crippen molar-refractivity contribution < 1.29 is 4.74 Å². The maximum atomic E-state index is 6.36. The van der Waals surface area contributed by atoms with Crippen LogP contribution in [0.25, 0.3) is 11.3 Å². The highest BCUT2D eigenvalue weighted by molar-refractivity contribution is 7.99. The molecule has 1 atom stereocenters. The van der Waals surface area contributed by atoms with Crippen LogP contribution in [0.4, 0.5) is 5.69 Å². The minimum absolute atomic E-state index is 0.344. The fourth-order valence-corrected chi connectivity index (χ4v) is 4.21. The summed E-state index contributed by atoms with van der Waals surface area (Å²) in [4.78, 5) is 4.72. The number of nitrogens with one attached hydrogen (secondary N) is 1. The van der Waals surface area contributed by atoms with Crippen molar-refractivity contribution in [3.8, 4) is 17.1 Å². The first kappa shape index (κ1) is 20.7. The molecule has 1 aliphatic rings. The molecule has 0 radical (unpaired) electrons. The highest BCUT2D eigenvalue weighted by atomic mass is 32.2. The van der Waals surface area contributed by atoms with E-state index in [1.165, 1.54) is 18.4 Å². The molecule has 1 unspecified atom stereocenters. The number of nitrogens with zero attached hydrogens (tertiary/aromatic N) is 3. The molecule has 0 saturated carbocycles. The summed E-state index contributed by atoms with van der Waals surface area (Å²) >= 11 is 1.64. The lowest BCUT2D eigenvalue weighted by atomic mass is 10.0. The smallest absolute Gasteiger partial charge is 0.247 e. The van der Waals surface area contributed by atoms with Crippen molar-refractivity contribution in [3.05, 3.63) is 59.7 Å². The predicted octanol–water partition coefficient (Wildman–Crippen LogP) is 6.45. The van der Waals surface area contributed by atoms with Crippen LogP contribution >= 0.6 is 11.8 Å². The lowest BCUT2D eigenvalue weighted by molar-refractivity contribution is 0.225. The number of rotatable bonds is 7. The Balaban J connectivity index is 1.66. The van der Waals surface area contributed by atoms with Crippen molar-refractivity contribution in [2.45, 2.75) is 57.3 Å². The average molecular weight is 421 g/mol. The van der Waals surface area contributed by atoms with Gasteiger partial charge in [0.15, 0.2) is 11.9 Å². The van der Waals surface area contributed by atoms with Crippen LogP contribution < -0.4 is 10.1 Å². The number of hydrogen-bond donors (Lipinski definition) is 1. The molecule has 0 spiro atoms. The van der Waals surface area contributed by atoms with E-state index in [0.29, 0.717) is 22.6 Å². The highest BCUT2D eigenvalue weighted by Gasteiger charge is 2.26. The maximum Gasteiger partial charge on any atom is 0.247 e. The van der Waals surface area contributed by atoms with E-state index in [-0.39, 0.29) is 6.23 Å². The van der Waals surface area contributed by atoms with Crippen LogP contribution in [-0.2, 0) is 0 Å². The zero-order chi connectivity index (χ0) is 20.9. The molecule has 0 fully saturated rings. The molecule has 1 aliphatic heterocycles. The third-order valence-electron chi connectivity index (χ3n) is 5.22. The molecule has 156 valence electrons. The summed E-state index contributed by atoms with van der Waals surface area (Å²) in [5.41, 5.74) is 4.96. The lowest BCUT2D eigenvalue weighted by Gasteiger charge is -2.20. The molecule has 5 nitrogen and oxygen atoms in total. The van der Waals surface area contributed by atoms with Crippen molar-refractivity contribution >= 4 is 17.4 Å². The van der Waals surface area contributed by atoms with Crippen molar-refractivity contribution in [1.82, 2.24) is 15.2 Å². The van der Waals surface area contributed by atoms with Crippen molar-refractivity contribution in [2.75, 3.05) is 11.1 Å². The Kier molecular flexibility index (Phi) is 6.53. The zero-order valence-electron chi connectivity index (χ0n) is 17.8. The molecule has 0 aliphatic carbocycles. The van der Waals surface area contributed by atoms with Crippen LogP contribution in [-0.4, -0.2) is 20.9 Å². The summed E-state index contributed by atoms with van der Waals surface area (Å²) in [5, 5.41) is 13.0. The van der Waals surface area contributed by atoms with Crippen molar-refractivity contribution in [3.63, 3.8) is 0 Å². The fraction of sp³-hybridized carbons (Fsp3) is 0.375. The van der Waals surface area contributed by atoms with Gasteiger partial charge in [-0.3, -0.25) is 0 Å². The summed E-state index contributed by atoms with van der Waals surface area (Å²) in [6.45, 7) is 6.60. The van der Waals surface area contributed by atoms with E-state index >= 15 is 0 Å². The number of anilines is 1. The van der Waals surface area contributed by atoms with Gasteiger partial charge in [-0.2, -0.15) is 4.98 Å². The summed E-state index contributed by atoms with van der Waals surface area (Å²) in [5.74, 6) is 2.01. The van der Waals surface area contributed by atoms with Crippen molar-refractivity contribution in [2.24, 2.45) is 0 Å². The van der Waals surface area contributed by atoms with E-state index in [4.69, 9.17) is 9.72 Å². The molecule has 1 N–H and O–H groups in total. The number of ether oxygens (including phenoxy) is 1. The SMILES string of the molecule is CCCCCSc1nnc2c(n1)OC(c1ccc(C(C)C)cc1)Nc1ccccc1-2. The molecular formula is C24H28N4OS. The number of benzene rings is 2. The number of fused-ring (bicyclic) bond motifs is 3. The number of unbranched alkanes of at least 4 members (excludes halogenated alkanes) is 2. The molecule has 0 saturated heterocycles. The molecule has 0 bridgehead atoms. The maximum absolute atomic E-state index is 6.36. The molecule has 1 aromatic heterocycles. The average Bonchev–Trinajstić information content (AvgIpc) is 2.93. The molecule has 6 heteroatoms. The second-order valence-electron chi connectivity index (χ2n) is 7.81. The van der Waals surface area contributed by atoms with Crippen LogP contribution in [0.15, 0.2) is 53.7 Å². The Hall–Kier alpha value is -2.60. The monoisotopic (exact) mass is 420 g/mol. The van der Waals surface area contributed by atoms with Gasteiger partial charge in [-0.05, 0) is 24.0 Å². The molecular weight excluding hydrogens is 392 g/mol. The number of para-hydroxylation sites is 1. The molecule has 0 amide bonds. The minimum atomic E-state index is -0.344. The van der Waals surface area contributed by atoms with E-state index in [1.54, 1.807) is 11.8 Å². The highest BCUT2D eigenvalue weighted by Crippen LogP contribution is 2.39. The van der Waals surface area contributed by atoms with Gasteiger partial charge >= 0.3 is 0 Å². The van der Waals surface area contributed by atoms with Crippen molar-refractivity contribution in [1.29, 1.82) is 0 Å². The Labute approximate surface area is 182 Å². The van der Waals surface area contributed by atoms with E-state index in [9.17, 15) is 0 Å². The quantitative estimate of drug-likeness (QED) is 0.350. The largest absolute Gasteiger partial charge is 0.448 e. The minimum Gasteiger partial charge on any atom is -0.448 e. The van der Waals surface area contributed by atoms with Gasteiger partial charge < -0.3 is 10.1 Å². The molecule has 4 rings (SSSR count). The summed E-state index contributed by atoms with van der Waals surface area (Å²) < 4.78 is 6.36. The van der Waals surface area contributed by atoms with Crippen LogP contribution in [0, 0.1) is 0 Å². The van der Waals surface area contributed by atoms with E-state index in [1.807, 2.05) is 24.3 Å². The Morgan fingerprint density at radius 2 is 1.83 bits per heavy atom. The third kappa shape index (κ3) is 4.59. The molecule has 2 heterocycles. The van der Waals surface area contributed by atoms with Gasteiger partial charge in [-0.1, -0.05) is 87.8 Å². The standard InChI is InChI=1S/C24H28N4OS/c1-4-5-8-15-30-24-26-23-21(27-28-24)19-9-6-7-10-20(19)25-22(29-23)18-13-11-17(12-14-18)16(2)3/h6-7,9-14,16,22,25H,4-5,8,15H2,1-3H3.